The number of carbonyl (C=O) groups excluding carboxylic acids is 3. The monoisotopic (exact) mass is 467 g/mol. The number of rotatable bonds is 6. The Morgan fingerprint density at radius 3 is 2.21 bits per heavy atom. The van der Waals surface area contributed by atoms with Crippen molar-refractivity contribution in [2.24, 2.45) is 0 Å². The maximum atomic E-state index is 13.1. The van der Waals surface area contributed by atoms with Crippen molar-refractivity contribution in [3.63, 3.8) is 0 Å². The zero-order valence-electron chi connectivity index (χ0n) is 17.6. The summed E-state index contributed by atoms with van der Waals surface area (Å²) < 4.78 is 9.65. The molecule has 0 unspecified atom stereocenters. The molecular formula is C24H18ClNO7. The van der Waals surface area contributed by atoms with Crippen LogP contribution in [0.4, 0.5) is 5.69 Å². The smallest absolute Gasteiger partial charge is 0.355 e. The summed E-state index contributed by atoms with van der Waals surface area (Å²) >= 11 is 6.40. The van der Waals surface area contributed by atoms with Crippen molar-refractivity contribution in [2.75, 3.05) is 19.1 Å². The average molecular weight is 468 g/mol. The van der Waals surface area contributed by atoms with Crippen LogP contribution < -0.4 is 4.90 Å². The number of hydrogen-bond acceptors (Lipinski definition) is 7. The van der Waals surface area contributed by atoms with Crippen LogP contribution in [0.5, 0.6) is 0 Å². The molecule has 0 spiro atoms. The molecule has 0 saturated heterocycles. The predicted octanol–water partition coefficient (Wildman–Crippen LogP) is 3.76. The number of benzene rings is 2. The van der Waals surface area contributed by atoms with Gasteiger partial charge in [0.1, 0.15) is 5.70 Å². The van der Waals surface area contributed by atoms with E-state index >= 15 is 0 Å². The molecule has 0 fully saturated rings. The van der Waals surface area contributed by atoms with Crippen molar-refractivity contribution in [1.29, 1.82) is 0 Å². The number of ether oxygens (including phenoxy) is 2. The van der Waals surface area contributed by atoms with Crippen molar-refractivity contribution < 1.29 is 33.8 Å². The van der Waals surface area contributed by atoms with Crippen LogP contribution in [-0.2, 0) is 19.1 Å². The molecule has 3 rings (SSSR count). The first-order valence-electron chi connectivity index (χ1n) is 9.51. The number of carboxylic acid groups (broad SMARTS) is 1. The van der Waals surface area contributed by atoms with Crippen molar-refractivity contribution in [3.05, 3.63) is 99.9 Å². The van der Waals surface area contributed by atoms with E-state index in [1.54, 1.807) is 12.1 Å². The Balaban J connectivity index is 2.18. The molecular weight excluding hydrogens is 450 g/mol. The van der Waals surface area contributed by atoms with Gasteiger partial charge in [-0.1, -0.05) is 35.9 Å². The van der Waals surface area contributed by atoms with Crippen LogP contribution in [0.1, 0.15) is 26.3 Å². The first-order chi connectivity index (χ1) is 15.8. The van der Waals surface area contributed by atoms with Gasteiger partial charge in [-0.05, 0) is 36.4 Å². The predicted molar refractivity (Wildman–Crippen MR) is 120 cm³/mol. The van der Waals surface area contributed by atoms with E-state index in [1.807, 2.05) is 0 Å². The Morgan fingerprint density at radius 1 is 0.909 bits per heavy atom. The van der Waals surface area contributed by atoms with Gasteiger partial charge in [0.05, 0.1) is 36.1 Å². The minimum atomic E-state index is -1.24. The fraction of sp³-hybridized carbons (Fsp3) is 0.0833. The normalized spacial score (nSPS) is 12.9. The molecule has 0 radical (unpaired) electrons. The number of anilines is 1. The van der Waals surface area contributed by atoms with Gasteiger partial charge in [-0.25, -0.2) is 14.4 Å². The average Bonchev–Trinajstić information content (AvgIpc) is 3.05. The van der Waals surface area contributed by atoms with E-state index in [9.17, 15) is 24.3 Å². The quantitative estimate of drug-likeness (QED) is 0.505. The second-order valence-electron chi connectivity index (χ2n) is 6.66. The lowest BCUT2D eigenvalue weighted by molar-refractivity contribution is -0.139. The van der Waals surface area contributed by atoms with Gasteiger partial charge < -0.3 is 19.5 Å². The Hall–Kier alpha value is -4.17. The summed E-state index contributed by atoms with van der Waals surface area (Å²) in [5.41, 5.74) is -0.105. The third-order valence-electron chi connectivity index (χ3n) is 4.76. The van der Waals surface area contributed by atoms with Crippen LogP contribution in [0.15, 0.2) is 78.2 Å². The second kappa shape index (κ2) is 9.97. The van der Waals surface area contributed by atoms with Crippen LogP contribution in [0.3, 0.4) is 0 Å². The summed E-state index contributed by atoms with van der Waals surface area (Å²) in [6, 6.07) is 10.1. The number of allylic oxidation sites excluding steroid dienone is 2. The van der Waals surface area contributed by atoms with Gasteiger partial charge in [0.15, 0.2) is 5.78 Å². The van der Waals surface area contributed by atoms with Gasteiger partial charge in [-0.2, -0.15) is 0 Å². The molecule has 0 atom stereocenters. The molecule has 2 aromatic rings. The summed E-state index contributed by atoms with van der Waals surface area (Å²) in [7, 11) is 2.33. The van der Waals surface area contributed by atoms with E-state index in [0.717, 1.165) is 7.11 Å². The zero-order valence-corrected chi connectivity index (χ0v) is 18.3. The summed E-state index contributed by atoms with van der Waals surface area (Å²) in [5, 5.41) is 9.59. The maximum absolute atomic E-state index is 13.1. The highest BCUT2D eigenvalue weighted by Gasteiger charge is 2.29. The van der Waals surface area contributed by atoms with Gasteiger partial charge in [-0.15, -0.1) is 0 Å². The third kappa shape index (κ3) is 4.70. The number of nitrogens with zero attached hydrogens (tertiary/aromatic N) is 1. The fourth-order valence-electron chi connectivity index (χ4n) is 3.21. The summed E-state index contributed by atoms with van der Waals surface area (Å²) in [6.45, 7) is 0. The number of methoxy groups -OCH3 is 2. The van der Waals surface area contributed by atoms with E-state index < -0.39 is 23.7 Å². The molecule has 0 amide bonds. The lowest BCUT2D eigenvalue weighted by Gasteiger charge is -2.24. The highest BCUT2D eigenvalue weighted by molar-refractivity contribution is 6.34. The van der Waals surface area contributed by atoms with E-state index in [2.05, 4.69) is 0 Å². The lowest BCUT2D eigenvalue weighted by Crippen LogP contribution is -2.27. The highest BCUT2D eigenvalue weighted by Crippen LogP contribution is 2.34. The van der Waals surface area contributed by atoms with Crippen LogP contribution in [0, 0.1) is 0 Å². The second-order valence-corrected chi connectivity index (χ2v) is 7.07. The summed E-state index contributed by atoms with van der Waals surface area (Å²) in [6.07, 6.45) is 5.95. The molecule has 0 bridgehead atoms. The number of aromatic carboxylic acids is 1. The molecule has 1 aliphatic heterocycles. The third-order valence-corrected chi connectivity index (χ3v) is 5.08. The van der Waals surface area contributed by atoms with Gasteiger partial charge in [0.2, 0.25) is 0 Å². The van der Waals surface area contributed by atoms with E-state index in [0.29, 0.717) is 0 Å². The van der Waals surface area contributed by atoms with Crippen LogP contribution >= 0.6 is 11.6 Å². The number of carboxylic acids is 1. The van der Waals surface area contributed by atoms with Gasteiger partial charge in [0, 0.05) is 17.3 Å². The van der Waals surface area contributed by atoms with Gasteiger partial charge in [0.25, 0.3) is 0 Å². The number of carbonyl (C=O) groups is 4. The molecule has 0 saturated carbocycles. The van der Waals surface area contributed by atoms with Crippen LogP contribution in [0.2, 0.25) is 5.02 Å². The maximum Gasteiger partial charge on any atom is 0.355 e. The molecule has 1 N–H and O–H groups in total. The van der Waals surface area contributed by atoms with Crippen molar-refractivity contribution in [2.45, 2.75) is 0 Å². The standard InChI is InChI=1S/C24H18ClNO7/c1-32-23(30)17-9-5-6-12-26(20(17)24(31)33-2)19-13-14(10-11-18(19)25)21(27)15-7-3-4-8-16(15)22(28)29/h3-13H,1-2H3,(H,28,29). The summed E-state index contributed by atoms with van der Waals surface area (Å²) in [5.74, 6) is -3.41. The van der Waals surface area contributed by atoms with Crippen LogP contribution in [0.25, 0.3) is 0 Å². The SMILES string of the molecule is COC(=O)C1=C(C(=O)OC)N(c2cc(C(=O)c3ccccc3C(=O)O)ccc2Cl)C=CC=C1. The van der Waals surface area contributed by atoms with Gasteiger partial charge >= 0.3 is 17.9 Å². The number of halogens is 1. The minimum Gasteiger partial charge on any atom is -0.478 e. The Kier molecular flexibility index (Phi) is 7.10. The minimum absolute atomic E-state index is 0.00895. The number of esters is 2. The van der Waals surface area contributed by atoms with Crippen molar-refractivity contribution in [1.82, 2.24) is 0 Å². The number of hydrogen-bond donors (Lipinski definition) is 1. The van der Waals surface area contributed by atoms with E-state index in [-0.39, 0.29) is 38.7 Å². The Labute approximate surface area is 194 Å². The molecule has 168 valence electrons. The molecule has 33 heavy (non-hydrogen) atoms. The van der Waals surface area contributed by atoms with E-state index in [4.69, 9.17) is 21.1 Å². The molecule has 1 aliphatic rings. The number of ketones is 1. The highest BCUT2D eigenvalue weighted by atomic mass is 35.5. The zero-order chi connectivity index (χ0) is 24.1. The van der Waals surface area contributed by atoms with Gasteiger partial charge in [-0.3, -0.25) is 4.79 Å². The fourth-order valence-corrected chi connectivity index (χ4v) is 3.42. The van der Waals surface area contributed by atoms with Crippen molar-refractivity contribution in [3.8, 4) is 0 Å². The Morgan fingerprint density at radius 2 is 1.58 bits per heavy atom. The topological polar surface area (TPSA) is 110 Å². The molecule has 0 aliphatic carbocycles. The van der Waals surface area contributed by atoms with Crippen LogP contribution in [-0.4, -0.2) is 43.0 Å². The van der Waals surface area contributed by atoms with Crippen molar-refractivity contribution >= 4 is 41.0 Å². The molecule has 0 aromatic heterocycles. The summed E-state index contributed by atoms with van der Waals surface area (Å²) in [4.78, 5) is 51.0. The molecule has 9 heteroatoms. The lowest BCUT2D eigenvalue weighted by atomic mass is 9.98. The van der Waals surface area contributed by atoms with E-state index in [1.165, 1.54) is 66.8 Å². The molecule has 2 aromatic carbocycles. The Bertz CT molecular complexity index is 1240. The first-order valence-corrected chi connectivity index (χ1v) is 9.89. The first kappa shape index (κ1) is 23.5. The molecule has 1 heterocycles. The largest absolute Gasteiger partial charge is 0.478 e. The molecule has 8 nitrogen and oxygen atoms in total.